The van der Waals surface area contributed by atoms with Crippen molar-refractivity contribution < 1.29 is 17.9 Å². The van der Waals surface area contributed by atoms with Gasteiger partial charge in [-0.25, -0.2) is 13.4 Å². The number of nitrogens with zero attached hydrogens (tertiary/aromatic N) is 2. The molecule has 2 aromatic carbocycles. The Morgan fingerprint density at radius 2 is 1.78 bits per heavy atom. The van der Waals surface area contributed by atoms with E-state index < -0.39 is 9.84 Å². The molecule has 0 aliphatic heterocycles. The molecule has 32 heavy (non-hydrogen) atoms. The minimum Gasteiger partial charge on any atom is -0.496 e. The van der Waals surface area contributed by atoms with Gasteiger partial charge in [-0.15, -0.1) is 0 Å². The summed E-state index contributed by atoms with van der Waals surface area (Å²) >= 11 is 0. The zero-order chi connectivity index (χ0) is 22.9. The van der Waals surface area contributed by atoms with E-state index in [2.05, 4.69) is 15.2 Å². The van der Waals surface area contributed by atoms with Crippen LogP contribution in [0.5, 0.6) is 5.75 Å². The molecule has 7 nitrogen and oxygen atoms in total. The molecule has 0 aliphatic rings. The minimum absolute atomic E-state index is 0.0263. The van der Waals surface area contributed by atoms with E-state index in [1.165, 1.54) is 6.20 Å². The third-order valence-corrected chi connectivity index (χ3v) is 7.38. The summed E-state index contributed by atoms with van der Waals surface area (Å²) in [5.41, 5.74) is 3.45. The van der Waals surface area contributed by atoms with E-state index >= 15 is 0 Å². The van der Waals surface area contributed by atoms with E-state index in [0.717, 1.165) is 16.5 Å². The Morgan fingerprint density at radius 1 is 1.03 bits per heavy atom. The van der Waals surface area contributed by atoms with Gasteiger partial charge in [0, 0.05) is 23.6 Å². The summed E-state index contributed by atoms with van der Waals surface area (Å²) in [6.07, 6.45) is 3.97. The van der Waals surface area contributed by atoms with Crippen LogP contribution in [0.15, 0.2) is 64.6 Å². The largest absolute Gasteiger partial charge is 0.496 e. The lowest BCUT2D eigenvalue weighted by Gasteiger charge is -2.12. The number of hydrogen-bond acceptors (Lipinski definition) is 6. The van der Waals surface area contributed by atoms with Crippen LogP contribution in [0.3, 0.4) is 0 Å². The third kappa shape index (κ3) is 4.13. The Balaban J connectivity index is 1.49. The molecule has 1 N–H and O–H groups in total. The summed E-state index contributed by atoms with van der Waals surface area (Å²) in [5.74, 6) is 0.630. The molecule has 0 saturated carbocycles. The van der Waals surface area contributed by atoms with Crippen molar-refractivity contribution in [1.82, 2.24) is 15.2 Å². The molecule has 0 atom stereocenters. The monoisotopic (exact) mass is 449 g/mol. The van der Waals surface area contributed by atoms with Gasteiger partial charge < -0.3 is 4.74 Å². The first-order valence-corrected chi connectivity index (χ1v) is 11.6. The molecule has 0 unspecified atom stereocenters. The van der Waals surface area contributed by atoms with E-state index in [-0.39, 0.29) is 15.6 Å². The summed E-state index contributed by atoms with van der Waals surface area (Å²) in [4.78, 5) is 17.2. The van der Waals surface area contributed by atoms with Gasteiger partial charge in [-0.1, -0.05) is 12.1 Å². The molecule has 0 fully saturated rings. The average molecular weight is 450 g/mol. The van der Waals surface area contributed by atoms with Crippen molar-refractivity contribution in [2.24, 2.45) is 0 Å². The Morgan fingerprint density at radius 3 is 2.50 bits per heavy atom. The van der Waals surface area contributed by atoms with E-state index in [1.807, 2.05) is 6.92 Å². The van der Waals surface area contributed by atoms with Crippen molar-refractivity contribution in [3.05, 3.63) is 77.1 Å². The zero-order valence-corrected chi connectivity index (χ0v) is 18.9. The van der Waals surface area contributed by atoms with Crippen molar-refractivity contribution in [3.8, 4) is 5.75 Å². The molecule has 2 heterocycles. The van der Waals surface area contributed by atoms with Crippen LogP contribution < -0.4 is 4.74 Å². The maximum Gasteiger partial charge on any atom is 0.206 e. The molecule has 0 spiro atoms. The number of nitrogens with one attached hydrogen (secondary N) is 1. The molecular formula is C24H23N3O4S. The van der Waals surface area contributed by atoms with Crippen molar-refractivity contribution in [3.63, 3.8) is 0 Å². The number of benzene rings is 2. The number of aryl methyl sites for hydroxylation is 3. The van der Waals surface area contributed by atoms with Crippen LogP contribution in [0.4, 0.5) is 0 Å². The van der Waals surface area contributed by atoms with Gasteiger partial charge in [0.15, 0.2) is 11.4 Å². The number of aromatic nitrogens is 3. The molecule has 0 aliphatic carbocycles. The molecule has 0 amide bonds. The molecular weight excluding hydrogens is 426 g/mol. The first kappa shape index (κ1) is 21.7. The fourth-order valence-corrected chi connectivity index (χ4v) is 5.19. The number of ether oxygens (including phenoxy) is 1. The van der Waals surface area contributed by atoms with Gasteiger partial charge in [0.25, 0.3) is 0 Å². The Kier molecular flexibility index (Phi) is 5.80. The molecule has 8 heteroatoms. The first-order valence-electron chi connectivity index (χ1n) is 10.1. The van der Waals surface area contributed by atoms with Crippen LogP contribution in [0.2, 0.25) is 0 Å². The van der Waals surface area contributed by atoms with Gasteiger partial charge in [-0.05, 0) is 67.3 Å². The second-order valence-electron chi connectivity index (χ2n) is 7.69. The van der Waals surface area contributed by atoms with Crippen molar-refractivity contribution >= 4 is 26.7 Å². The number of pyridine rings is 1. The second-order valence-corrected chi connectivity index (χ2v) is 9.61. The highest BCUT2D eigenvalue weighted by Crippen LogP contribution is 2.30. The molecule has 0 bridgehead atoms. The van der Waals surface area contributed by atoms with Gasteiger partial charge in [0.05, 0.1) is 23.1 Å². The van der Waals surface area contributed by atoms with Gasteiger partial charge in [-0.2, -0.15) is 5.10 Å². The topological polar surface area (TPSA) is 102 Å². The summed E-state index contributed by atoms with van der Waals surface area (Å²) in [6.45, 7) is 3.57. The molecule has 4 rings (SSSR count). The number of carbonyl (C=O) groups is 1. The van der Waals surface area contributed by atoms with Gasteiger partial charge in [-0.3, -0.25) is 9.89 Å². The minimum atomic E-state index is -3.66. The Hall–Kier alpha value is -3.52. The standard InChI is InChI=1S/C24H23N3O4S/c1-15-11-23(16(2)10-22(15)31-3)32(29,30)20-7-4-17(5-8-20)6-9-21(28)18-12-19-14-26-27-24(19)25-13-18/h4-5,7-8,10-14H,6,9H2,1-3H3,(H,25,26,27). The van der Waals surface area contributed by atoms with E-state index in [1.54, 1.807) is 62.7 Å². The maximum absolute atomic E-state index is 13.1. The summed E-state index contributed by atoms with van der Waals surface area (Å²) in [5, 5.41) is 7.45. The van der Waals surface area contributed by atoms with Crippen LogP contribution in [0.25, 0.3) is 11.0 Å². The van der Waals surface area contributed by atoms with E-state index in [9.17, 15) is 13.2 Å². The summed E-state index contributed by atoms with van der Waals surface area (Å²) in [6, 6.07) is 11.8. The molecule has 2 aromatic heterocycles. The predicted octanol–water partition coefficient (Wildman–Crippen LogP) is 4.23. The van der Waals surface area contributed by atoms with Crippen LogP contribution in [-0.4, -0.2) is 36.5 Å². The van der Waals surface area contributed by atoms with Gasteiger partial charge in [0.1, 0.15) is 5.75 Å². The quantitative estimate of drug-likeness (QED) is 0.424. The predicted molar refractivity (Wildman–Crippen MR) is 121 cm³/mol. The number of hydrogen-bond donors (Lipinski definition) is 1. The zero-order valence-electron chi connectivity index (χ0n) is 18.0. The van der Waals surface area contributed by atoms with Crippen molar-refractivity contribution in [1.29, 1.82) is 0 Å². The fourth-order valence-electron chi connectivity index (χ4n) is 3.63. The summed E-state index contributed by atoms with van der Waals surface area (Å²) in [7, 11) is -2.10. The molecule has 4 aromatic rings. The number of H-pyrrole nitrogens is 1. The highest BCUT2D eigenvalue weighted by Gasteiger charge is 2.21. The Bertz CT molecular complexity index is 1410. The highest BCUT2D eigenvalue weighted by atomic mass is 32.2. The number of Topliss-reactive ketones (excluding diaryl/α,β-unsaturated/α-hetero) is 1. The number of ketones is 1. The number of methoxy groups -OCH3 is 1. The van der Waals surface area contributed by atoms with E-state index in [0.29, 0.717) is 35.4 Å². The number of aromatic amines is 1. The molecule has 0 radical (unpaired) electrons. The maximum atomic E-state index is 13.1. The van der Waals surface area contributed by atoms with E-state index in [4.69, 9.17) is 4.74 Å². The van der Waals surface area contributed by atoms with Gasteiger partial charge >= 0.3 is 0 Å². The smallest absolute Gasteiger partial charge is 0.206 e. The highest BCUT2D eigenvalue weighted by molar-refractivity contribution is 7.91. The lowest BCUT2D eigenvalue weighted by atomic mass is 10.0. The van der Waals surface area contributed by atoms with Crippen LogP contribution in [0.1, 0.15) is 33.5 Å². The second kappa shape index (κ2) is 8.55. The van der Waals surface area contributed by atoms with Crippen molar-refractivity contribution in [2.45, 2.75) is 36.5 Å². The number of rotatable bonds is 7. The lowest BCUT2D eigenvalue weighted by molar-refractivity contribution is 0.0982. The lowest BCUT2D eigenvalue weighted by Crippen LogP contribution is -2.06. The van der Waals surface area contributed by atoms with Crippen LogP contribution >= 0.6 is 0 Å². The van der Waals surface area contributed by atoms with Crippen LogP contribution in [-0.2, 0) is 16.3 Å². The average Bonchev–Trinajstić information content (AvgIpc) is 3.26. The van der Waals surface area contributed by atoms with Gasteiger partial charge in [0.2, 0.25) is 9.84 Å². The normalized spacial score (nSPS) is 11.6. The third-order valence-electron chi connectivity index (χ3n) is 5.47. The Labute approximate surface area is 186 Å². The van der Waals surface area contributed by atoms with Crippen molar-refractivity contribution in [2.75, 3.05) is 7.11 Å². The molecule has 0 saturated heterocycles. The SMILES string of the molecule is COc1cc(C)c(S(=O)(=O)c2ccc(CCC(=O)c3cnc4[nH]ncc4c3)cc2)cc1C. The molecule has 164 valence electrons. The number of sulfone groups is 1. The van der Waals surface area contributed by atoms with Crippen LogP contribution in [0, 0.1) is 13.8 Å². The summed E-state index contributed by atoms with van der Waals surface area (Å²) < 4.78 is 31.6. The number of fused-ring (bicyclic) bond motifs is 1. The fraction of sp³-hybridized carbons (Fsp3) is 0.208. The first-order chi connectivity index (χ1) is 15.3. The number of carbonyl (C=O) groups excluding carboxylic acids is 1.